The number of hydrogen-bond acceptors (Lipinski definition) is 5. The van der Waals surface area contributed by atoms with E-state index in [1.165, 1.54) is 6.07 Å². The first-order chi connectivity index (χ1) is 17.2. The zero-order valence-electron chi connectivity index (χ0n) is 19.6. The van der Waals surface area contributed by atoms with Crippen LogP contribution < -0.4 is 10.6 Å². The van der Waals surface area contributed by atoms with Crippen LogP contribution in [0.3, 0.4) is 0 Å². The van der Waals surface area contributed by atoms with Crippen LogP contribution in [0.1, 0.15) is 31.8 Å². The summed E-state index contributed by atoms with van der Waals surface area (Å²) < 4.78 is 13.7. The van der Waals surface area contributed by atoms with E-state index in [-0.39, 0.29) is 27.4 Å². The quantitative estimate of drug-likeness (QED) is 0.223. The van der Waals surface area contributed by atoms with Crippen LogP contribution >= 0.6 is 0 Å². The highest BCUT2D eigenvalue weighted by atomic mass is 32.2. The number of aromatic carboxylic acids is 2. The van der Waals surface area contributed by atoms with Crippen molar-refractivity contribution in [3.63, 3.8) is 0 Å². The minimum atomic E-state index is -1.99. The second-order valence-electron chi connectivity index (χ2n) is 8.22. The molecule has 0 saturated carbocycles. The summed E-state index contributed by atoms with van der Waals surface area (Å²) in [5, 5.41) is 26.5. The zero-order chi connectivity index (χ0) is 25.8. The molecule has 0 saturated heterocycles. The molecule has 0 spiro atoms. The fourth-order valence-corrected chi connectivity index (χ4v) is 5.02. The normalized spacial score (nSPS) is 11.5. The second kappa shape index (κ2) is 10.5. The van der Waals surface area contributed by atoms with Crippen molar-refractivity contribution in [1.29, 1.82) is 0 Å². The number of rotatable bonds is 8. The van der Waals surface area contributed by atoms with Crippen molar-refractivity contribution >= 4 is 45.5 Å². The molecule has 0 aliphatic heterocycles. The SMILES string of the molecule is Cc1ccc(Nc2cc(C(=O)O)c(S(=O)c3ccccc3)c(Nc3ccc(C)cc3)c2C(=O)O)cc1. The Morgan fingerprint density at radius 3 is 1.75 bits per heavy atom. The highest BCUT2D eigenvalue weighted by molar-refractivity contribution is 7.85. The van der Waals surface area contributed by atoms with Gasteiger partial charge in [-0.25, -0.2) is 13.8 Å². The fourth-order valence-electron chi connectivity index (χ4n) is 3.69. The molecule has 4 aromatic rings. The molecule has 8 heteroatoms. The molecule has 1 atom stereocenters. The molecule has 1 unspecified atom stereocenters. The smallest absolute Gasteiger partial charge is 0.339 e. The lowest BCUT2D eigenvalue weighted by Gasteiger charge is -2.21. The van der Waals surface area contributed by atoms with Gasteiger partial charge in [0.25, 0.3) is 0 Å². The van der Waals surface area contributed by atoms with Gasteiger partial charge in [0.2, 0.25) is 0 Å². The summed E-state index contributed by atoms with van der Waals surface area (Å²) in [7, 11) is -1.99. The van der Waals surface area contributed by atoms with E-state index in [0.717, 1.165) is 11.1 Å². The largest absolute Gasteiger partial charge is 0.478 e. The summed E-state index contributed by atoms with van der Waals surface area (Å²) in [6.07, 6.45) is 0. The third kappa shape index (κ3) is 5.29. The Labute approximate surface area is 210 Å². The number of carboxylic acids is 2. The van der Waals surface area contributed by atoms with Gasteiger partial charge >= 0.3 is 11.9 Å². The number of aryl methyl sites for hydroxylation is 2. The van der Waals surface area contributed by atoms with Gasteiger partial charge in [-0.1, -0.05) is 53.6 Å². The predicted octanol–water partition coefficient (Wildman–Crippen LogP) is 6.35. The van der Waals surface area contributed by atoms with Gasteiger partial charge in [-0.15, -0.1) is 0 Å². The van der Waals surface area contributed by atoms with E-state index in [2.05, 4.69) is 10.6 Å². The number of anilines is 4. The fraction of sp³-hybridized carbons (Fsp3) is 0.0714. The molecule has 36 heavy (non-hydrogen) atoms. The van der Waals surface area contributed by atoms with Crippen LogP contribution in [0, 0.1) is 13.8 Å². The Hall–Kier alpha value is -4.43. The van der Waals surface area contributed by atoms with Crippen LogP contribution in [-0.4, -0.2) is 26.4 Å². The van der Waals surface area contributed by atoms with Gasteiger partial charge in [0.1, 0.15) is 5.56 Å². The van der Waals surface area contributed by atoms with Crippen LogP contribution in [0.5, 0.6) is 0 Å². The highest BCUT2D eigenvalue weighted by Gasteiger charge is 2.29. The zero-order valence-corrected chi connectivity index (χ0v) is 20.4. The molecule has 0 aliphatic rings. The molecule has 0 fully saturated rings. The molecule has 0 radical (unpaired) electrons. The lowest BCUT2D eigenvalue weighted by Crippen LogP contribution is -2.15. The van der Waals surface area contributed by atoms with E-state index in [4.69, 9.17) is 0 Å². The maximum absolute atomic E-state index is 13.7. The molecule has 4 rings (SSSR count). The maximum atomic E-state index is 13.7. The Kier molecular flexibility index (Phi) is 7.17. The number of hydrogen-bond donors (Lipinski definition) is 4. The van der Waals surface area contributed by atoms with Gasteiger partial charge in [0.05, 0.1) is 32.6 Å². The van der Waals surface area contributed by atoms with E-state index >= 15 is 0 Å². The number of benzene rings is 4. The van der Waals surface area contributed by atoms with E-state index in [9.17, 15) is 24.0 Å². The average molecular weight is 501 g/mol. The molecule has 7 nitrogen and oxygen atoms in total. The number of nitrogens with one attached hydrogen (secondary N) is 2. The highest BCUT2D eigenvalue weighted by Crippen LogP contribution is 2.39. The molecule has 0 amide bonds. The van der Waals surface area contributed by atoms with E-state index in [0.29, 0.717) is 16.3 Å². The third-order valence-electron chi connectivity index (χ3n) is 5.52. The van der Waals surface area contributed by atoms with Gasteiger partial charge < -0.3 is 20.8 Å². The molecule has 0 bridgehead atoms. The van der Waals surface area contributed by atoms with Crippen molar-refractivity contribution < 1.29 is 24.0 Å². The summed E-state index contributed by atoms with van der Waals surface area (Å²) in [4.78, 5) is 25.2. The monoisotopic (exact) mass is 500 g/mol. The summed E-state index contributed by atoms with van der Waals surface area (Å²) in [5.41, 5.74) is 2.63. The first-order valence-corrected chi connectivity index (χ1v) is 12.2. The number of carbonyl (C=O) groups is 2. The van der Waals surface area contributed by atoms with Crippen molar-refractivity contribution in [2.75, 3.05) is 10.6 Å². The van der Waals surface area contributed by atoms with E-state index in [1.807, 2.05) is 38.1 Å². The topological polar surface area (TPSA) is 116 Å². The van der Waals surface area contributed by atoms with Crippen molar-refractivity contribution in [2.45, 2.75) is 23.6 Å². The van der Waals surface area contributed by atoms with Gasteiger partial charge in [0.15, 0.2) is 0 Å². The molecule has 0 heterocycles. The van der Waals surface area contributed by atoms with Crippen LogP contribution in [0.2, 0.25) is 0 Å². The molecular formula is C28H24N2O5S. The summed E-state index contributed by atoms with van der Waals surface area (Å²) in [5.74, 6) is -2.63. The standard InChI is InChI=1S/C28H24N2O5S/c1-17-8-12-19(13-9-17)29-23-16-22(27(31)32)26(36(35)21-6-4-3-5-7-21)25(24(23)28(33)34)30-20-14-10-18(2)11-15-20/h3-16,29-30H,1-2H3,(H,31,32)(H,33,34). The van der Waals surface area contributed by atoms with Crippen LogP contribution in [0.25, 0.3) is 0 Å². The van der Waals surface area contributed by atoms with Crippen molar-refractivity contribution in [1.82, 2.24) is 0 Å². The first-order valence-electron chi connectivity index (χ1n) is 11.1. The Morgan fingerprint density at radius 2 is 1.25 bits per heavy atom. The molecule has 0 aliphatic carbocycles. The summed E-state index contributed by atoms with van der Waals surface area (Å²) in [6.45, 7) is 3.84. The van der Waals surface area contributed by atoms with Gasteiger partial charge in [-0.2, -0.15) is 0 Å². The minimum Gasteiger partial charge on any atom is -0.478 e. The molecule has 4 aromatic carbocycles. The van der Waals surface area contributed by atoms with Crippen molar-refractivity contribution in [2.24, 2.45) is 0 Å². The van der Waals surface area contributed by atoms with Crippen molar-refractivity contribution in [3.05, 3.63) is 107 Å². The lowest BCUT2D eigenvalue weighted by molar-refractivity contribution is 0.0679. The lowest BCUT2D eigenvalue weighted by atomic mass is 10.0. The maximum Gasteiger partial charge on any atom is 0.339 e. The first kappa shape index (κ1) is 24.7. The molecule has 0 aromatic heterocycles. The van der Waals surface area contributed by atoms with Crippen LogP contribution in [0.15, 0.2) is 94.7 Å². The summed E-state index contributed by atoms with van der Waals surface area (Å²) in [6, 6.07) is 24.0. The third-order valence-corrected chi connectivity index (χ3v) is 7.01. The van der Waals surface area contributed by atoms with Gasteiger partial charge in [-0.3, -0.25) is 0 Å². The Bertz CT molecular complexity index is 1450. The van der Waals surface area contributed by atoms with Crippen molar-refractivity contribution in [3.8, 4) is 0 Å². The molecule has 182 valence electrons. The predicted molar refractivity (Wildman–Crippen MR) is 140 cm³/mol. The molecule has 4 N–H and O–H groups in total. The minimum absolute atomic E-state index is 0.0527. The van der Waals surface area contributed by atoms with Crippen LogP contribution in [-0.2, 0) is 10.8 Å². The summed E-state index contributed by atoms with van der Waals surface area (Å²) >= 11 is 0. The molecular weight excluding hydrogens is 476 g/mol. The van der Waals surface area contributed by atoms with Gasteiger partial charge in [0, 0.05) is 16.3 Å². The van der Waals surface area contributed by atoms with E-state index < -0.39 is 22.7 Å². The van der Waals surface area contributed by atoms with Crippen LogP contribution in [0.4, 0.5) is 22.7 Å². The van der Waals surface area contributed by atoms with E-state index in [1.54, 1.807) is 54.6 Å². The Morgan fingerprint density at radius 1 is 0.722 bits per heavy atom. The van der Waals surface area contributed by atoms with Gasteiger partial charge in [-0.05, 0) is 56.3 Å². The number of carboxylic acid groups (broad SMARTS) is 2. The second-order valence-corrected chi connectivity index (χ2v) is 9.64. The average Bonchev–Trinajstić information content (AvgIpc) is 2.86. The Balaban J connectivity index is 2.00.